The number of benzene rings is 3. The van der Waals surface area contributed by atoms with Gasteiger partial charge in [-0.2, -0.15) is 4.98 Å². The Balaban J connectivity index is 1.48. The van der Waals surface area contributed by atoms with Crippen molar-refractivity contribution in [1.82, 2.24) is 14.8 Å². The van der Waals surface area contributed by atoms with E-state index in [1.807, 2.05) is 42.5 Å². The Hall–Kier alpha value is -4.35. The van der Waals surface area contributed by atoms with Crippen LogP contribution in [0, 0.1) is 0 Å². The van der Waals surface area contributed by atoms with E-state index in [0.717, 1.165) is 16.8 Å². The summed E-state index contributed by atoms with van der Waals surface area (Å²) in [4.78, 5) is 15.7. The molecule has 1 aromatic heterocycles. The number of rotatable bonds is 7. The first-order chi connectivity index (χ1) is 18.2. The van der Waals surface area contributed by atoms with E-state index in [-0.39, 0.29) is 22.8 Å². The highest BCUT2D eigenvalue weighted by atomic mass is 35.5. The van der Waals surface area contributed by atoms with Gasteiger partial charge in [-0.25, -0.2) is 17.8 Å². The Bertz CT molecular complexity index is 1620. The van der Waals surface area contributed by atoms with Crippen molar-refractivity contribution in [3.8, 4) is 5.75 Å². The molecule has 38 heavy (non-hydrogen) atoms. The Morgan fingerprint density at radius 1 is 1.03 bits per heavy atom. The molecule has 1 aliphatic heterocycles. The third kappa shape index (κ3) is 5.34. The molecular weight excluding hydrogens is 528 g/mol. The van der Waals surface area contributed by atoms with Gasteiger partial charge in [-0.1, -0.05) is 35.9 Å². The minimum absolute atomic E-state index is 0.000911. The van der Waals surface area contributed by atoms with E-state index < -0.39 is 10.0 Å². The normalized spacial score (nSPS) is 14.6. The fraction of sp³-hybridized carbons (Fsp3) is 0.115. The van der Waals surface area contributed by atoms with Crippen molar-refractivity contribution < 1.29 is 17.9 Å². The molecule has 194 valence electrons. The van der Waals surface area contributed by atoms with Crippen LogP contribution in [-0.4, -0.2) is 36.2 Å². The fourth-order valence-electron chi connectivity index (χ4n) is 3.97. The van der Waals surface area contributed by atoms with E-state index >= 15 is 0 Å². The number of carbonyl (C=O) groups is 1. The number of allylic oxidation sites excluding steroid dienone is 1. The molecule has 5 rings (SSSR count). The van der Waals surface area contributed by atoms with Gasteiger partial charge in [0.1, 0.15) is 11.8 Å². The van der Waals surface area contributed by atoms with Gasteiger partial charge in [0.15, 0.2) is 0 Å². The summed E-state index contributed by atoms with van der Waals surface area (Å²) in [7, 11) is -2.40. The number of amides is 1. The summed E-state index contributed by atoms with van der Waals surface area (Å²) in [6.45, 7) is 1.37. The number of anilines is 3. The number of hydrogen-bond donors (Lipinski definition) is 3. The highest BCUT2D eigenvalue weighted by molar-refractivity contribution is 7.92. The molecule has 3 N–H and O–H groups in total. The van der Waals surface area contributed by atoms with Gasteiger partial charge in [0.2, 0.25) is 11.9 Å². The van der Waals surface area contributed by atoms with Crippen LogP contribution in [0.25, 0.3) is 5.70 Å². The highest BCUT2D eigenvalue weighted by Gasteiger charge is 2.27. The summed E-state index contributed by atoms with van der Waals surface area (Å²) >= 11 is 6.07. The van der Waals surface area contributed by atoms with Crippen LogP contribution in [0.15, 0.2) is 83.8 Å². The number of fused-ring (bicyclic) bond motifs is 1. The van der Waals surface area contributed by atoms with Gasteiger partial charge in [-0.15, -0.1) is 5.10 Å². The minimum atomic E-state index is -4.00. The Labute approximate surface area is 224 Å². The number of methoxy groups -OCH3 is 1. The Kier molecular flexibility index (Phi) is 6.79. The Morgan fingerprint density at radius 3 is 2.34 bits per heavy atom. The van der Waals surface area contributed by atoms with E-state index in [1.165, 1.54) is 31.2 Å². The topological polar surface area (TPSA) is 127 Å². The maximum Gasteiger partial charge on any atom is 0.264 e. The molecule has 0 radical (unpaired) electrons. The molecule has 10 nitrogen and oxygen atoms in total. The molecule has 1 atom stereocenters. The molecule has 3 aromatic carbocycles. The van der Waals surface area contributed by atoms with E-state index in [0.29, 0.717) is 22.4 Å². The third-order valence-electron chi connectivity index (χ3n) is 5.79. The van der Waals surface area contributed by atoms with Crippen LogP contribution >= 0.6 is 11.6 Å². The van der Waals surface area contributed by atoms with Crippen LogP contribution in [0.4, 0.5) is 17.6 Å². The van der Waals surface area contributed by atoms with Crippen LogP contribution in [-0.2, 0) is 14.8 Å². The predicted molar refractivity (Wildman–Crippen MR) is 146 cm³/mol. The van der Waals surface area contributed by atoms with Gasteiger partial charge in [-0.3, -0.25) is 4.79 Å². The minimum Gasteiger partial charge on any atom is -0.497 e. The van der Waals surface area contributed by atoms with Gasteiger partial charge < -0.3 is 15.4 Å². The maximum atomic E-state index is 13.0. The van der Waals surface area contributed by atoms with Crippen molar-refractivity contribution in [3.63, 3.8) is 0 Å². The van der Waals surface area contributed by atoms with Gasteiger partial charge in [0.05, 0.1) is 12.0 Å². The average Bonchev–Trinajstić information content (AvgIpc) is 3.30. The summed E-state index contributed by atoms with van der Waals surface area (Å²) in [5, 5.41) is 10.9. The Morgan fingerprint density at radius 2 is 1.71 bits per heavy atom. The molecule has 12 heteroatoms. The van der Waals surface area contributed by atoms with E-state index in [2.05, 4.69) is 25.4 Å². The van der Waals surface area contributed by atoms with Crippen molar-refractivity contribution in [3.05, 3.63) is 95.0 Å². The van der Waals surface area contributed by atoms with Crippen LogP contribution in [0.3, 0.4) is 0 Å². The number of sulfonamides is 1. The fourth-order valence-corrected chi connectivity index (χ4v) is 5.04. The first-order valence-electron chi connectivity index (χ1n) is 11.5. The second-order valence-corrected chi connectivity index (χ2v) is 10.6. The standard InChI is InChI=1S/C26H23ClN6O4S/c1-16(34)28-20-9-13-22(14-10-20)38(35,36)32-25-30-26-29-23(17-3-7-19(27)8-4-17)15-24(33(26)31-25)18-5-11-21(37-2)12-6-18/h3-15,24H,1-2H3,(H,28,34)(H2,29,30,31,32)/t24-/m1/s1. The summed E-state index contributed by atoms with van der Waals surface area (Å²) in [5.74, 6) is 0.720. The second-order valence-electron chi connectivity index (χ2n) is 8.44. The molecule has 1 aliphatic rings. The average molecular weight is 551 g/mol. The van der Waals surface area contributed by atoms with Crippen molar-refractivity contribution in [2.45, 2.75) is 17.9 Å². The quantitative estimate of drug-likeness (QED) is 0.303. The zero-order valence-electron chi connectivity index (χ0n) is 20.3. The monoisotopic (exact) mass is 550 g/mol. The molecule has 0 saturated carbocycles. The van der Waals surface area contributed by atoms with E-state index in [4.69, 9.17) is 16.3 Å². The van der Waals surface area contributed by atoms with Gasteiger partial charge in [-0.05, 0) is 65.7 Å². The molecule has 2 heterocycles. The van der Waals surface area contributed by atoms with E-state index in [1.54, 1.807) is 23.9 Å². The lowest BCUT2D eigenvalue weighted by Gasteiger charge is -2.24. The van der Waals surface area contributed by atoms with Gasteiger partial charge >= 0.3 is 0 Å². The van der Waals surface area contributed by atoms with Gasteiger partial charge in [0, 0.05) is 23.3 Å². The summed E-state index contributed by atoms with van der Waals surface area (Å²) in [5.41, 5.74) is 3.03. The second kappa shape index (κ2) is 10.2. The molecule has 0 saturated heterocycles. The number of halogens is 1. The lowest BCUT2D eigenvalue weighted by Crippen LogP contribution is -2.20. The lowest BCUT2D eigenvalue weighted by atomic mass is 10.0. The van der Waals surface area contributed by atoms with Crippen LogP contribution < -0.4 is 20.1 Å². The number of nitrogens with one attached hydrogen (secondary N) is 3. The predicted octanol–water partition coefficient (Wildman–Crippen LogP) is 4.76. The zero-order chi connectivity index (χ0) is 26.9. The van der Waals surface area contributed by atoms with Crippen LogP contribution in [0.1, 0.15) is 24.1 Å². The number of hydrogen-bond acceptors (Lipinski definition) is 7. The van der Waals surface area contributed by atoms with Crippen LogP contribution in [0.2, 0.25) is 5.02 Å². The molecule has 1 amide bonds. The number of carbonyl (C=O) groups excluding carboxylic acids is 1. The summed E-state index contributed by atoms with van der Waals surface area (Å²) in [6.07, 6.45) is 1.98. The number of nitrogens with zero attached hydrogens (tertiary/aromatic N) is 3. The molecule has 0 spiro atoms. The van der Waals surface area contributed by atoms with Crippen molar-refractivity contribution >= 4 is 50.8 Å². The van der Waals surface area contributed by atoms with Crippen molar-refractivity contribution in [2.24, 2.45) is 0 Å². The molecule has 4 aromatic rings. The summed E-state index contributed by atoms with van der Waals surface area (Å²) in [6, 6.07) is 20.3. The molecule has 0 aliphatic carbocycles. The molecule has 0 bridgehead atoms. The maximum absolute atomic E-state index is 13.0. The number of ether oxygens (including phenoxy) is 1. The highest BCUT2D eigenvalue weighted by Crippen LogP contribution is 2.34. The largest absolute Gasteiger partial charge is 0.497 e. The SMILES string of the molecule is COc1ccc([C@H]2C=C(c3ccc(Cl)cc3)Nc3nc(NS(=O)(=O)c4ccc(NC(C)=O)cc4)nn32)cc1. The third-order valence-corrected chi connectivity index (χ3v) is 7.38. The lowest BCUT2D eigenvalue weighted by molar-refractivity contribution is -0.114. The van der Waals surface area contributed by atoms with Gasteiger partial charge in [0.25, 0.3) is 16.0 Å². The van der Waals surface area contributed by atoms with Crippen LogP contribution in [0.5, 0.6) is 5.75 Å². The summed E-state index contributed by atoms with van der Waals surface area (Å²) < 4.78 is 35.4. The first kappa shape index (κ1) is 25.3. The first-order valence-corrected chi connectivity index (χ1v) is 13.3. The smallest absolute Gasteiger partial charge is 0.264 e. The molecular formula is C26H23ClN6O4S. The number of aromatic nitrogens is 3. The zero-order valence-corrected chi connectivity index (χ0v) is 21.9. The van der Waals surface area contributed by atoms with Crippen molar-refractivity contribution in [2.75, 3.05) is 22.5 Å². The van der Waals surface area contributed by atoms with E-state index in [9.17, 15) is 13.2 Å². The van der Waals surface area contributed by atoms with Crippen molar-refractivity contribution in [1.29, 1.82) is 0 Å². The molecule has 0 unspecified atom stereocenters. The molecule has 0 fully saturated rings.